The van der Waals surface area contributed by atoms with Crippen molar-refractivity contribution in [1.29, 1.82) is 0 Å². The number of amides is 2. The van der Waals surface area contributed by atoms with E-state index >= 15 is 0 Å². The highest BCUT2D eigenvalue weighted by atomic mass is 16.7. The van der Waals surface area contributed by atoms with Crippen molar-refractivity contribution in [2.45, 2.75) is 44.9 Å². The van der Waals surface area contributed by atoms with Gasteiger partial charge in [0.2, 0.25) is 0 Å². The first-order valence-electron chi connectivity index (χ1n) is 10.3. The number of carbonyl (C=O) groups excluding carboxylic acids is 2. The van der Waals surface area contributed by atoms with Crippen LogP contribution in [-0.4, -0.2) is 82.5 Å². The topological polar surface area (TPSA) is 143 Å². The molecule has 2 N–H and O–H groups in total. The molecule has 2 amide bonds. The number of hydrogen-bond donors (Lipinski definition) is 2. The lowest BCUT2D eigenvalue weighted by atomic mass is 10.2. The van der Waals surface area contributed by atoms with E-state index in [2.05, 4.69) is 0 Å². The van der Waals surface area contributed by atoms with E-state index in [-0.39, 0.29) is 13.2 Å². The Kier molecular flexibility index (Phi) is 7.39. The van der Waals surface area contributed by atoms with E-state index in [9.17, 15) is 24.3 Å². The molecule has 0 unspecified atom stereocenters. The van der Waals surface area contributed by atoms with E-state index in [0.29, 0.717) is 55.8 Å². The second-order valence-electron chi connectivity index (χ2n) is 7.61. The fourth-order valence-corrected chi connectivity index (χ4v) is 3.93. The molecule has 0 aromatic heterocycles. The lowest BCUT2D eigenvalue weighted by Crippen LogP contribution is -2.42. The number of hydrogen-bond acceptors (Lipinski definition) is 7. The minimum Gasteiger partial charge on any atom is -0.483 e. The van der Waals surface area contributed by atoms with Gasteiger partial charge in [-0.2, -0.15) is 0 Å². The summed E-state index contributed by atoms with van der Waals surface area (Å²) in [6, 6.07) is 4.11. The van der Waals surface area contributed by atoms with Crippen LogP contribution in [0.1, 0.15) is 31.2 Å². The SMILES string of the molecule is Cc1c(OCC(=O)N2CCC[C@@H]2C(=O)O)cccc1OCC(=O)N1CCC[C@H]1OC(=O)O. The van der Waals surface area contributed by atoms with Gasteiger partial charge in [-0.25, -0.2) is 9.59 Å². The molecular formula is C21H26N2O9. The van der Waals surface area contributed by atoms with Crippen molar-refractivity contribution < 1.29 is 43.6 Å². The molecule has 32 heavy (non-hydrogen) atoms. The first-order valence-corrected chi connectivity index (χ1v) is 10.3. The number of carboxylic acid groups (broad SMARTS) is 2. The predicted octanol–water partition coefficient (Wildman–Crippen LogP) is 1.47. The first kappa shape index (κ1) is 23.2. The van der Waals surface area contributed by atoms with Crippen molar-refractivity contribution >= 4 is 23.9 Å². The van der Waals surface area contributed by atoms with Gasteiger partial charge >= 0.3 is 12.1 Å². The van der Waals surface area contributed by atoms with Crippen molar-refractivity contribution in [3.05, 3.63) is 23.8 Å². The highest BCUT2D eigenvalue weighted by Gasteiger charge is 2.34. The van der Waals surface area contributed by atoms with Gasteiger partial charge in [0.05, 0.1) is 0 Å². The molecule has 11 heteroatoms. The van der Waals surface area contributed by atoms with Crippen LogP contribution in [0, 0.1) is 6.92 Å². The molecule has 2 aliphatic heterocycles. The van der Waals surface area contributed by atoms with Crippen LogP contribution in [0.2, 0.25) is 0 Å². The summed E-state index contributed by atoms with van der Waals surface area (Å²) in [6.45, 7) is 1.86. The van der Waals surface area contributed by atoms with Crippen LogP contribution in [0.3, 0.4) is 0 Å². The van der Waals surface area contributed by atoms with Crippen molar-refractivity contribution in [2.75, 3.05) is 26.3 Å². The van der Waals surface area contributed by atoms with E-state index in [1.807, 2.05) is 0 Å². The average Bonchev–Trinajstić information content (AvgIpc) is 3.41. The summed E-state index contributed by atoms with van der Waals surface area (Å²) >= 11 is 0. The fraction of sp³-hybridized carbons (Fsp3) is 0.524. The molecule has 0 saturated carbocycles. The van der Waals surface area contributed by atoms with Gasteiger partial charge in [0, 0.05) is 25.1 Å². The van der Waals surface area contributed by atoms with Gasteiger partial charge in [-0.05, 0) is 38.3 Å². The largest absolute Gasteiger partial charge is 0.507 e. The Bertz CT molecular complexity index is 888. The Balaban J connectivity index is 1.56. The third-order valence-electron chi connectivity index (χ3n) is 5.55. The third kappa shape index (κ3) is 5.40. The van der Waals surface area contributed by atoms with Crippen LogP contribution >= 0.6 is 0 Å². The van der Waals surface area contributed by atoms with Crippen molar-refractivity contribution in [3.63, 3.8) is 0 Å². The summed E-state index contributed by atoms with van der Waals surface area (Å²) in [6.07, 6.45) is -0.116. The number of aliphatic carboxylic acids is 1. The number of carbonyl (C=O) groups is 4. The van der Waals surface area contributed by atoms with Crippen LogP contribution in [0.5, 0.6) is 11.5 Å². The summed E-state index contributed by atoms with van der Waals surface area (Å²) in [7, 11) is 0. The molecule has 0 radical (unpaired) electrons. The number of carboxylic acids is 1. The molecule has 174 valence electrons. The molecule has 0 bridgehead atoms. The smallest absolute Gasteiger partial charge is 0.483 e. The molecule has 2 heterocycles. The monoisotopic (exact) mass is 450 g/mol. The molecule has 11 nitrogen and oxygen atoms in total. The molecule has 0 aliphatic carbocycles. The predicted molar refractivity (Wildman–Crippen MR) is 108 cm³/mol. The summed E-state index contributed by atoms with van der Waals surface area (Å²) in [5.74, 6) is -1.08. The fourth-order valence-electron chi connectivity index (χ4n) is 3.93. The second kappa shape index (κ2) is 10.2. The molecule has 3 rings (SSSR count). The summed E-state index contributed by atoms with van der Waals surface area (Å²) in [5, 5.41) is 18.0. The maximum absolute atomic E-state index is 12.5. The molecule has 2 aliphatic rings. The molecule has 0 spiro atoms. The number of benzene rings is 1. The van der Waals surface area contributed by atoms with Gasteiger partial charge < -0.3 is 34.2 Å². The number of ether oxygens (including phenoxy) is 3. The normalized spacial score (nSPS) is 20.2. The Morgan fingerprint density at radius 1 is 0.938 bits per heavy atom. The molecule has 2 saturated heterocycles. The van der Waals surface area contributed by atoms with E-state index in [4.69, 9.17) is 19.3 Å². The Morgan fingerprint density at radius 2 is 1.50 bits per heavy atom. The van der Waals surface area contributed by atoms with Gasteiger partial charge in [-0.1, -0.05) is 6.07 Å². The number of nitrogens with zero attached hydrogens (tertiary/aromatic N) is 2. The zero-order valence-corrected chi connectivity index (χ0v) is 17.7. The molecule has 1 aromatic rings. The van der Waals surface area contributed by atoms with E-state index in [1.54, 1.807) is 25.1 Å². The summed E-state index contributed by atoms with van der Waals surface area (Å²) < 4.78 is 15.9. The van der Waals surface area contributed by atoms with Gasteiger partial charge in [-0.3, -0.25) is 9.59 Å². The summed E-state index contributed by atoms with van der Waals surface area (Å²) in [4.78, 5) is 49.5. The van der Waals surface area contributed by atoms with Crippen LogP contribution < -0.4 is 9.47 Å². The highest BCUT2D eigenvalue weighted by Crippen LogP contribution is 2.28. The lowest BCUT2D eigenvalue weighted by Gasteiger charge is -2.23. The maximum atomic E-state index is 12.5. The Labute approximate surface area is 184 Å². The summed E-state index contributed by atoms with van der Waals surface area (Å²) in [5.41, 5.74) is 0.573. The standard InChI is InChI=1S/C21H26N2O9/c1-13-15(30-11-17(24)22-9-3-5-14(22)20(26)27)6-2-7-16(13)31-12-18(25)23-10-4-8-19(23)32-21(28)29/h2,6-7,14,19H,3-5,8-12H2,1H3,(H,26,27)(H,28,29)/t14-,19-/m1/s1. The van der Waals surface area contributed by atoms with Crippen molar-refractivity contribution in [1.82, 2.24) is 9.80 Å². The minimum atomic E-state index is -1.44. The zero-order valence-electron chi connectivity index (χ0n) is 17.7. The van der Waals surface area contributed by atoms with E-state index in [1.165, 1.54) is 9.80 Å². The average molecular weight is 450 g/mol. The maximum Gasteiger partial charge on any atom is 0.507 e. The molecule has 2 fully saturated rings. The van der Waals surface area contributed by atoms with Gasteiger partial charge in [-0.15, -0.1) is 0 Å². The quantitative estimate of drug-likeness (QED) is 0.563. The molecular weight excluding hydrogens is 424 g/mol. The first-order chi connectivity index (χ1) is 15.3. The third-order valence-corrected chi connectivity index (χ3v) is 5.55. The Morgan fingerprint density at radius 3 is 2.09 bits per heavy atom. The van der Waals surface area contributed by atoms with Crippen LogP contribution in [-0.2, 0) is 19.1 Å². The van der Waals surface area contributed by atoms with Gasteiger partial charge in [0.1, 0.15) is 17.5 Å². The van der Waals surface area contributed by atoms with Gasteiger partial charge in [0.25, 0.3) is 11.8 Å². The van der Waals surface area contributed by atoms with Gasteiger partial charge in [0.15, 0.2) is 19.4 Å². The van der Waals surface area contributed by atoms with E-state index in [0.717, 1.165) is 0 Å². The van der Waals surface area contributed by atoms with Crippen LogP contribution in [0.4, 0.5) is 4.79 Å². The number of rotatable bonds is 8. The van der Waals surface area contributed by atoms with Crippen LogP contribution in [0.15, 0.2) is 18.2 Å². The minimum absolute atomic E-state index is 0.309. The Hall–Kier alpha value is -3.50. The zero-order chi connectivity index (χ0) is 23.3. The number of likely N-dealkylation sites (tertiary alicyclic amines) is 2. The van der Waals surface area contributed by atoms with Crippen LogP contribution in [0.25, 0.3) is 0 Å². The molecule has 1 aromatic carbocycles. The second-order valence-corrected chi connectivity index (χ2v) is 7.61. The van der Waals surface area contributed by atoms with E-state index < -0.39 is 36.2 Å². The van der Waals surface area contributed by atoms with Crippen molar-refractivity contribution in [2.24, 2.45) is 0 Å². The molecule has 2 atom stereocenters. The van der Waals surface area contributed by atoms with Crippen molar-refractivity contribution in [3.8, 4) is 11.5 Å². The highest BCUT2D eigenvalue weighted by molar-refractivity contribution is 5.85. The lowest BCUT2D eigenvalue weighted by molar-refractivity contribution is -0.149.